The van der Waals surface area contributed by atoms with E-state index in [2.05, 4.69) is 5.10 Å². The van der Waals surface area contributed by atoms with Crippen LogP contribution in [0.1, 0.15) is 18.5 Å². The summed E-state index contributed by atoms with van der Waals surface area (Å²) >= 11 is 17.9. The van der Waals surface area contributed by atoms with E-state index in [4.69, 9.17) is 40.5 Å². The Balaban J connectivity index is 2.47. The molecule has 0 bridgehead atoms. The van der Waals surface area contributed by atoms with Crippen molar-refractivity contribution in [2.24, 2.45) is 0 Å². The smallest absolute Gasteiger partial charge is 0.141 e. The number of halogens is 3. The lowest BCUT2D eigenvalue weighted by molar-refractivity contribution is 0.573. The van der Waals surface area contributed by atoms with E-state index < -0.39 is 0 Å². The van der Waals surface area contributed by atoms with Crippen LogP contribution in [-0.4, -0.2) is 9.78 Å². The van der Waals surface area contributed by atoms with Crippen LogP contribution in [0.15, 0.2) is 24.4 Å². The van der Waals surface area contributed by atoms with Crippen LogP contribution in [0.2, 0.25) is 15.1 Å². The van der Waals surface area contributed by atoms with Crippen molar-refractivity contribution in [1.29, 1.82) is 0 Å². The molecule has 0 saturated heterocycles. The largest absolute Gasteiger partial charge is 0.383 e. The number of nitrogen functional groups attached to an aromatic ring is 1. The summed E-state index contributed by atoms with van der Waals surface area (Å²) in [4.78, 5) is 0. The molecule has 2 N–H and O–H groups in total. The van der Waals surface area contributed by atoms with Crippen molar-refractivity contribution in [1.82, 2.24) is 9.78 Å². The predicted molar refractivity (Wildman–Crippen MR) is 71.9 cm³/mol. The normalized spacial score (nSPS) is 12.7. The molecule has 2 rings (SSSR count). The molecule has 0 saturated carbocycles. The Labute approximate surface area is 114 Å². The Hall–Kier alpha value is -0.900. The molecule has 1 unspecified atom stereocenters. The van der Waals surface area contributed by atoms with E-state index in [1.165, 1.54) is 6.20 Å². The van der Waals surface area contributed by atoms with Crippen LogP contribution >= 0.6 is 34.8 Å². The maximum absolute atomic E-state index is 6.13. The highest BCUT2D eigenvalue weighted by molar-refractivity contribution is 6.33. The molecule has 17 heavy (non-hydrogen) atoms. The molecule has 1 heterocycles. The molecule has 0 spiro atoms. The highest BCUT2D eigenvalue weighted by atomic mass is 35.5. The topological polar surface area (TPSA) is 43.8 Å². The van der Waals surface area contributed by atoms with Crippen molar-refractivity contribution in [2.45, 2.75) is 13.0 Å². The van der Waals surface area contributed by atoms with Gasteiger partial charge in [-0.3, -0.25) is 0 Å². The third-order valence-corrected chi connectivity index (χ3v) is 3.43. The minimum absolute atomic E-state index is 0.131. The zero-order chi connectivity index (χ0) is 12.6. The van der Waals surface area contributed by atoms with Crippen molar-refractivity contribution in [3.63, 3.8) is 0 Å². The summed E-state index contributed by atoms with van der Waals surface area (Å²) in [5.74, 6) is 0.412. The molecule has 6 heteroatoms. The van der Waals surface area contributed by atoms with E-state index in [-0.39, 0.29) is 6.04 Å². The first-order valence-electron chi connectivity index (χ1n) is 4.94. The summed E-state index contributed by atoms with van der Waals surface area (Å²) in [6, 6.07) is 5.15. The first kappa shape index (κ1) is 12.6. The fourth-order valence-corrected chi connectivity index (χ4v) is 2.21. The molecule has 2 aromatic rings. The fraction of sp³-hybridized carbons (Fsp3) is 0.182. The van der Waals surface area contributed by atoms with Gasteiger partial charge in [-0.2, -0.15) is 5.10 Å². The summed E-state index contributed by atoms with van der Waals surface area (Å²) in [7, 11) is 0. The number of benzene rings is 1. The van der Waals surface area contributed by atoms with Gasteiger partial charge in [0.15, 0.2) is 0 Å². The monoisotopic (exact) mass is 289 g/mol. The van der Waals surface area contributed by atoms with Crippen LogP contribution in [0.4, 0.5) is 5.82 Å². The van der Waals surface area contributed by atoms with Crippen molar-refractivity contribution >= 4 is 40.6 Å². The first-order valence-corrected chi connectivity index (χ1v) is 6.07. The number of aromatic nitrogens is 2. The van der Waals surface area contributed by atoms with Gasteiger partial charge in [0.25, 0.3) is 0 Å². The van der Waals surface area contributed by atoms with Gasteiger partial charge in [-0.05, 0) is 30.7 Å². The first-order chi connectivity index (χ1) is 8.00. The van der Waals surface area contributed by atoms with E-state index in [1.54, 1.807) is 22.9 Å². The Morgan fingerprint density at radius 2 is 1.94 bits per heavy atom. The molecule has 1 atom stereocenters. The van der Waals surface area contributed by atoms with E-state index in [1.807, 2.05) is 6.92 Å². The third-order valence-electron chi connectivity index (χ3n) is 2.56. The summed E-state index contributed by atoms with van der Waals surface area (Å²) in [6.07, 6.45) is 1.51. The standard InChI is InChI=1S/C11H10Cl3N3/c1-6(17-11(15)10(14)5-16-17)8-4-7(12)2-3-9(8)13/h2-6H,15H2,1H3. The van der Waals surface area contributed by atoms with Gasteiger partial charge in [0, 0.05) is 10.0 Å². The molecule has 0 fully saturated rings. The van der Waals surface area contributed by atoms with Gasteiger partial charge in [0.05, 0.1) is 12.2 Å². The summed E-state index contributed by atoms with van der Waals surface area (Å²) in [5, 5.41) is 5.78. The Morgan fingerprint density at radius 3 is 2.53 bits per heavy atom. The van der Waals surface area contributed by atoms with E-state index >= 15 is 0 Å². The molecule has 3 nitrogen and oxygen atoms in total. The molecule has 0 amide bonds. The van der Waals surface area contributed by atoms with Crippen LogP contribution in [-0.2, 0) is 0 Å². The van der Waals surface area contributed by atoms with Crippen LogP contribution in [0.5, 0.6) is 0 Å². The SMILES string of the molecule is CC(c1cc(Cl)ccc1Cl)n1ncc(Cl)c1N. The van der Waals surface area contributed by atoms with Crippen molar-refractivity contribution in [3.05, 3.63) is 45.0 Å². The summed E-state index contributed by atoms with van der Waals surface area (Å²) in [6.45, 7) is 1.93. The summed E-state index contributed by atoms with van der Waals surface area (Å²) in [5.41, 5.74) is 6.67. The van der Waals surface area contributed by atoms with Crippen molar-refractivity contribution in [2.75, 3.05) is 5.73 Å². The lowest BCUT2D eigenvalue weighted by atomic mass is 10.1. The quantitative estimate of drug-likeness (QED) is 0.907. The highest BCUT2D eigenvalue weighted by Crippen LogP contribution is 2.31. The molecule has 0 aliphatic carbocycles. The number of hydrogen-bond acceptors (Lipinski definition) is 2. The van der Waals surface area contributed by atoms with Gasteiger partial charge in [0.1, 0.15) is 10.8 Å². The minimum Gasteiger partial charge on any atom is -0.383 e. The van der Waals surface area contributed by atoms with E-state index in [0.29, 0.717) is 20.9 Å². The maximum atomic E-state index is 6.13. The molecular formula is C11H10Cl3N3. The molecule has 1 aromatic heterocycles. The van der Waals surface area contributed by atoms with Crippen LogP contribution in [0.3, 0.4) is 0 Å². The number of anilines is 1. The third kappa shape index (κ3) is 2.37. The van der Waals surface area contributed by atoms with Crippen LogP contribution in [0, 0.1) is 0 Å². The van der Waals surface area contributed by atoms with Crippen LogP contribution < -0.4 is 5.73 Å². The van der Waals surface area contributed by atoms with Gasteiger partial charge in [0.2, 0.25) is 0 Å². The molecule has 0 radical (unpaired) electrons. The lowest BCUT2D eigenvalue weighted by Gasteiger charge is -2.16. The second kappa shape index (κ2) is 4.77. The Kier molecular flexibility index (Phi) is 3.52. The van der Waals surface area contributed by atoms with Crippen molar-refractivity contribution < 1.29 is 0 Å². The number of nitrogens with zero attached hydrogens (tertiary/aromatic N) is 2. The lowest BCUT2D eigenvalue weighted by Crippen LogP contribution is -2.11. The van der Waals surface area contributed by atoms with Gasteiger partial charge in [-0.15, -0.1) is 0 Å². The molecule has 90 valence electrons. The molecular weight excluding hydrogens is 281 g/mol. The van der Waals surface area contributed by atoms with Crippen molar-refractivity contribution in [3.8, 4) is 0 Å². The highest BCUT2D eigenvalue weighted by Gasteiger charge is 2.16. The van der Waals surface area contributed by atoms with Crippen LogP contribution in [0.25, 0.3) is 0 Å². The fourth-order valence-electron chi connectivity index (χ4n) is 1.63. The minimum atomic E-state index is -0.131. The average Bonchev–Trinajstić information content (AvgIpc) is 2.62. The Morgan fingerprint density at radius 1 is 1.24 bits per heavy atom. The van der Waals surface area contributed by atoms with E-state index in [9.17, 15) is 0 Å². The van der Waals surface area contributed by atoms with Gasteiger partial charge in [-0.25, -0.2) is 4.68 Å². The second-order valence-corrected chi connectivity index (χ2v) is 4.91. The molecule has 1 aromatic carbocycles. The summed E-state index contributed by atoms with van der Waals surface area (Å²) < 4.78 is 1.61. The van der Waals surface area contributed by atoms with E-state index in [0.717, 1.165) is 5.56 Å². The van der Waals surface area contributed by atoms with Gasteiger partial charge in [-0.1, -0.05) is 34.8 Å². The zero-order valence-corrected chi connectivity index (χ0v) is 11.3. The van der Waals surface area contributed by atoms with Gasteiger partial charge < -0.3 is 5.73 Å². The number of rotatable bonds is 2. The molecule has 0 aliphatic heterocycles. The average molecular weight is 291 g/mol. The second-order valence-electron chi connectivity index (χ2n) is 3.66. The van der Waals surface area contributed by atoms with Gasteiger partial charge >= 0.3 is 0 Å². The number of hydrogen-bond donors (Lipinski definition) is 1. The zero-order valence-electron chi connectivity index (χ0n) is 8.99. The Bertz CT molecular complexity index is 551. The maximum Gasteiger partial charge on any atom is 0.141 e. The number of nitrogens with two attached hydrogens (primary N) is 1. The molecule has 0 aliphatic rings. The predicted octanol–water partition coefficient (Wildman–Crippen LogP) is 4.03.